The number of hydrogen-bond donors (Lipinski definition) is 1. The fraction of sp³-hybridized carbons (Fsp3) is 0.667. The number of H-pyrrole nitrogens is 1. The highest BCUT2D eigenvalue weighted by molar-refractivity contribution is 5.80. The van der Waals surface area contributed by atoms with Gasteiger partial charge in [0.25, 0.3) is 0 Å². The van der Waals surface area contributed by atoms with Gasteiger partial charge in [-0.1, -0.05) is 13.8 Å². The molecule has 72 valence electrons. The normalized spacial score (nSPS) is 10.7. The molecule has 1 heterocycles. The fourth-order valence-corrected chi connectivity index (χ4v) is 1.07. The van der Waals surface area contributed by atoms with E-state index in [-0.39, 0.29) is 5.92 Å². The van der Waals surface area contributed by atoms with Crippen molar-refractivity contribution < 1.29 is 4.79 Å². The van der Waals surface area contributed by atoms with Gasteiger partial charge in [0.15, 0.2) is 0 Å². The van der Waals surface area contributed by atoms with Gasteiger partial charge in [-0.25, -0.2) is 4.98 Å². The summed E-state index contributed by atoms with van der Waals surface area (Å²) in [6.07, 6.45) is 3.78. The second-order valence-corrected chi connectivity index (χ2v) is 3.41. The molecule has 0 amide bonds. The minimum Gasteiger partial charge on any atom is -0.299 e. The van der Waals surface area contributed by atoms with Gasteiger partial charge in [-0.3, -0.25) is 9.89 Å². The topological polar surface area (TPSA) is 58.6 Å². The Morgan fingerprint density at radius 2 is 2.38 bits per heavy atom. The molecule has 4 nitrogen and oxygen atoms in total. The van der Waals surface area contributed by atoms with Crippen molar-refractivity contribution in [2.75, 3.05) is 0 Å². The molecule has 0 spiro atoms. The zero-order chi connectivity index (χ0) is 9.68. The van der Waals surface area contributed by atoms with Gasteiger partial charge in [-0.15, -0.1) is 0 Å². The van der Waals surface area contributed by atoms with Crippen LogP contribution in [0.5, 0.6) is 0 Å². The number of aromatic amines is 1. The van der Waals surface area contributed by atoms with Gasteiger partial charge in [-0.05, 0) is 6.42 Å². The van der Waals surface area contributed by atoms with E-state index in [9.17, 15) is 4.79 Å². The molecule has 0 saturated heterocycles. The minimum absolute atomic E-state index is 0.148. The van der Waals surface area contributed by atoms with E-state index in [1.165, 1.54) is 6.33 Å². The van der Waals surface area contributed by atoms with Gasteiger partial charge in [0.1, 0.15) is 17.9 Å². The summed E-state index contributed by atoms with van der Waals surface area (Å²) < 4.78 is 0. The summed E-state index contributed by atoms with van der Waals surface area (Å²) in [5, 5.41) is 6.50. The molecule has 0 atom stereocenters. The van der Waals surface area contributed by atoms with Gasteiger partial charge in [0, 0.05) is 18.8 Å². The smallest absolute Gasteiger partial charge is 0.137 e. The highest BCUT2D eigenvalue weighted by Gasteiger charge is 2.06. The predicted molar refractivity (Wildman–Crippen MR) is 49.2 cm³/mol. The van der Waals surface area contributed by atoms with Crippen molar-refractivity contribution in [2.24, 2.45) is 5.92 Å². The third-order valence-electron chi connectivity index (χ3n) is 1.95. The first-order valence-corrected chi connectivity index (χ1v) is 4.57. The molecule has 1 aromatic heterocycles. The Hall–Kier alpha value is -1.19. The highest BCUT2D eigenvalue weighted by Crippen LogP contribution is 2.04. The van der Waals surface area contributed by atoms with Gasteiger partial charge in [0.05, 0.1) is 0 Å². The number of nitrogens with zero attached hydrogens (tertiary/aromatic N) is 2. The summed E-state index contributed by atoms with van der Waals surface area (Å²) in [5.41, 5.74) is 0. The number of ketones is 1. The number of aryl methyl sites for hydroxylation is 1. The van der Waals surface area contributed by atoms with Gasteiger partial charge in [-0.2, -0.15) is 5.10 Å². The Kier molecular flexibility index (Phi) is 3.61. The van der Waals surface area contributed by atoms with Crippen molar-refractivity contribution in [1.29, 1.82) is 0 Å². The Bertz CT molecular complexity index is 254. The van der Waals surface area contributed by atoms with E-state index in [2.05, 4.69) is 15.2 Å². The predicted octanol–water partition coefficient (Wildman–Crippen LogP) is 1.35. The molecule has 0 radical (unpaired) electrons. The van der Waals surface area contributed by atoms with Crippen LogP contribution < -0.4 is 0 Å². The quantitative estimate of drug-likeness (QED) is 0.746. The maximum absolute atomic E-state index is 11.2. The number of carbonyl (C=O) groups excluding carboxylic acids is 1. The molecule has 0 aliphatic rings. The van der Waals surface area contributed by atoms with Crippen molar-refractivity contribution in [3.63, 3.8) is 0 Å². The van der Waals surface area contributed by atoms with Crippen LogP contribution in [-0.4, -0.2) is 21.0 Å². The van der Waals surface area contributed by atoms with Crippen LogP contribution in [0.2, 0.25) is 0 Å². The van der Waals surface area contributed by atoms with E-state index < -0.39 is 0 Å². The lowest BCUT2D eigenvalue weighted by Crippen LogP contribution is -2.07. The van der Waals surface area contributed by atoms with E-state index >= 15 is 0 Å². The largest absolute Gasteiger partial charge is 0.299 e. The number of aromatic nitrogens is 3. The lowest BCUT2D eigenvalue weighted by atomic mass is 10.0. The van der Waals surface area contributed by atoms with Crippen LogP contribution in [0.1, 0.15) is 32.5 Å². The monoisotopic (exact) mass is 181 g/mol. The number of carbonyl (C=O) groups is 1. The first-order chi connectivity index (χ1) is 6.20. The van der Waals surface area contributed by atoms with Gasteiger partial charge in [0.2, 0.25) is 0 Å². The van der Waals surface area contributed by atoms with E-state index in [0.29, 0.717) is 12.2 Å². The summed E-state index contributed by atoms with van der Waals surface area (Å²) in [7, 11) is 0. The first kappa shape index (κ1) is 9.89. The maximum atomic E-state index is 11.2. The SMILES string of the molecule is CC(C)C(=O)CCCc1ncn[nH]1. The number of rotatable bonds is 5. The Morgan fingerprint density at radius 1 is 1.62 bits per heavy atom. The van der Waals surface area contributed by atoms with Crippen LogP contribution in [0.25, 0.3) is 0 Å². The van der Waals surface area contributed by atoms with Crippen molar-refractivity contribution in [2.45, 2.75) is 33.1 Å². The van der Waals surface area contributed by atoms with Gasteiger partial charge >= 0.3 is 0 Å². The van der Waals surface area contributed by atoms with E-state index in [4.69, 9.17) is 0 Å². The molecule has 0 aliphatic carbocycles. The van der Waals surface area contributed by atoms with Crippen molar-refractivity contribution >= 4 is 5.78 Å². The summed E-state index contributed by atoms with van der Waals surface area (Å²) in [4.78, 5) is 15.2. The van der Waals surface area contributed by atoms with Crippen LogP contribution >= 0.6 is 0 Å². The number of nitrogens with one attached hydrogen (secondary N) is 1. The lowest BCUT2D eigenvalue weighted by Gasteiger charge is -2.01. The van der Waals surface area contributed by atoms with Crippen LogP contribution in [0.3, 0.4) is 0 Å². The van der Waals surface area contributed by atoms with Gasteiger partial charge < -0.3 is 0 Å². The van der Waals surface area contributed by atoms with Crippen LogP contribution in [0.15, 0.2) is 6.33 Å². The molecule has 0 fully saturated rings. The molecular formula is C9H15N3O. The van der Waals surface area contributed by atoms with Crippen molar-refractivity contribution in [3.8, 4) is 0 Å². The number of hydrogen-bond acceptors (Lipinski definition) is 3. The van der Waals surface area contributed by atoms with Crippen molar-refractivity contribution in [3.05, 3.63) is 12.2 Å². The van der Waals surface area contributed by atoms with Crippen LogP contribution in [0.4, 0.5) is 0 Å². The fourth-order valence-electron chi connectivity index (χ4n) is 1.07. The molecule has 0 aliphatic heterocycles. The average Bonchev–Trinajstić information content (AvgIpc) is 2.56. The molecular weight excluding hydrogens is 166 g/mol. The Labute approximate surface area is 77.8 Å². The molecule has 0 bridgehead atoms. The van der Waals surface area contributed by atoms with E-state index in [1.807, 2.05) is 13.8 Å². The van der Waals surface area contributed by atoms with E-state index in [0.717, 1.165) is 18.7 Å². The average molecular weight is 181 g/mol. The molecule has 1 rings (SSSR count). The number of Topliss-reactive ketones (excluding diaryl/α,β-unsaturated/α-hetero) is 1. The molecule has 0 aromatic carbocycles. The third-order valence-corrected chi connectivity index (χ3v) is 1.95. The van der Waals surface area contributed by atoms with Crippen LogP contribution in [-0.2, 0) is 11.2 Å². The zero-order valence-electron chi connectivity index (χ0n) is 8.08. The molecule has 4 heteroatoms. The molecule has 0 unspecified atom stereocenters. The standard InChI is InChI=1S/C9H15N3O/c1-7(2)8(13)4-3-5-9-10-6-11-12-9/h6-7H,3-5H2,1-2H3,(H,10,11,12). The Balaban J connectivity index is 2.18. The highest BCUT2D eigenvalue weighted by atomic mass is 16.1. The van der Waals surface area contributed by atoms with Crippen molar-refractivity contribution in [1.82, 2.24) is 15.2 Å². The van der Waals surface area contributed by atoms with E-state index in [1.54, 1.807) is 0 Å². The minimum atomic E-state index is 0.148. The molecule has 13 heavy (non-hydrogen) atoms. The molecule has 1 aromatic rings. The summed E-state index contributed by atoms with van der Waals surface area (Å²) in [6.45, 7) is 3.85. The maximum Gasteiger partial charge on any atom is 0.137 e. The molecule has 1 N–H and O–H groups in total. The summed E-state index contributed by atoms with van der Waals surface area (Å²) >= 11 is 0. The molecule has 0 saturated carbocycles. The summed E-state index contributed by atoms with van der Waals surface area (Å²) in [5.74, 6) is 1.32. The third kappa shape index (κ3) is 3.36. The second kappa shape index (κ2) is 4.74. The van der Waals surface area contributed by atoms with Crippen LogP contribution in [0, 0.1) is 5.92 Å². The zero-order valence-corrected chi connectivity index (χ0v) is 8.08. The second-order valence-electron chi connectivity index (χ2n) is 3.41. The Morgan fingerprint density at radius 3 is 2.92 bits per heavy atom. The summed E-state index contributed by atoms with van der Waals surface area (Å²) in [6, 6.07) is 0. The lowest BCUT2D eigenvalue weighted by molar-refractivity contribution is -0.121. The first-order valence-electron chi connectivity index (χ1n) is 4.57.